The second-order valence-corrected chi connectivity index (χ2v) is 8.62. The van der Waals surface area contributed by atoms with Gasteiger partial charge in [0.2, 0.25) is 15.9 Å². The Morgan fingerprint density at radius 3 is 2.37 bits per heavy atom. The Labute approximate surface area is 163 Å². The van der Waals surface area contributed by atoms with Gasteiger partial charge in [-0.3, -0.25) is 4.79 Å². The molecule has 0 aromatic heterocycles. The maximum Gasteiger partial charge on any atom is 0.240 e. The average molecular weight is 409 g/mol. The first-order valence-electron chi connectivity index (χ1n) is 8.70. The molecular weight excluding hydrogens is 388 g/mol. The lowest BCUT2D eigenvalue weighted by Gasteiger charge is -2.09. The number of carbonyl (C=O) groups excluding carboxylic acids is 1. The molecule has 0 radical (unpaired) electrons. The molecule has 0 unspecified atom stereocenters. The SMILES string of the molecule is O=C(CCOc1ccc(Cl)cc1)Nc1ccc(S(=O)(=O)NCC2CC2)cc1. The van der Waals surface area contributed by atoms with Crippen molar-refractivity contribution in [3.05, 3.63) is 53.6 Å². The maximum atomic E-state index is 12.2. The number of amides is 1. The minimum Gasteiger partial charge on any atom is -0.493 e. The number of hydrogen-bond donors (Lipinski definition) is 2. The minimum atomic E-state index is -3.50. The summed E-state index contributed by atoms with van der Waals surface area (Å²) < 4.78 is 32.4. The van der Waals surface area contributed by atoms with Gasteiger partial charge in [0.25, 0.3) is 0 Å². The van der Waals surface area contributed by atoms with Crippen LogP contribution in [0.25, 0.3) is 0 Å². The lowest BCUT2D eigenvalue weighted by atomic mass is 10.3. The Bertz CT molecular complexity index is 879. The molecule has 1 amide bonds. The highest BCUT2D eigenvalue weighted by atomic mass is 35.5. The van der Waals surface area contributed by atoms with Crippen molar-refractivity contribution < 1.29 is 17.9 Å². The summed E-state index contributed by atoms with van der Waals surface area (Å²) in [7, 11) is -3.50. The predicted molar refractivity (Wildman–Crippen MR) is 105 cm³/mol. The molecule has 1 aliphatic carbocycles. The van der Waals surface area contributed by atoms with Crippen molar-refractivity contribution in [3.8, 4) is 5.75 Å². The summed E-state index contributed by atoms with van der Waals surface area (Å²) in [6.07, 6.45) is 2.33. The van der Waals surface area contributed by atoms with Crippen LogP contribution in [0.3, 0.4) is 0 Å². The van der Waals surface area contributed by atoms with Crippen molar-refractivity contribution in [3.63, 3.8) is 0 Å². The van der Waals surface area contributed by atoms with Crippen LogP contribution in [0.2, 0.25) is 5.02 Å². The van der Waals surface area contributed by atoms with E-state index in [1.54, 1.807) is 36.4 Å². The average Bonchev–Trinajstić information content (AvgIpc) is 3.47. The topological polar surface area (TPSA) is 84.5 Å². The number of nitrogens with one attached hydrogen (secondary N) is 2. The number of sulfonamides is 1. The van der Waals surface area contributed by atoms with Crippen LogP contribution in [0.1, 0.15) is 19.3 Å². The van der Waals surface area contributed by atoms with Crippen LogP contribution in [-0.4, -0.2) is 27.5 Å². The molecule has 8 heteroatoms. The molecule has 1 saturated carbocycles. The quantitative estimate of drug-likeness (QED) is 0.665. The van der Waals surface area contributed by atoms with Gasteiger partial charge in [0.15, 0.2) is 0 Å². The molecule has 0 spiro atoms. The van der Waals surface area contributed by atoms with Crippen LogP contribution in [-0.2, 0) is 14.8 Å². The third-order valence-electron chi connectivity index (χ3n) is 4.12. The highest BCUT2D eigenvalue weighted by Gasteiger charge is 2.24. The predicted octanol–water partition coefficient (Wildman–Crippen LogP) is 3.44. The number of carbonyl (C=O) groups is 1. The maximum absolute atomic E-state index is 12.2. The molecule has 2 N–H and O–H groups in total. The molecule has 144 valence electrons. The van der Waals surface area contributed by atoms with E-state index in [-0.39, 0.29) is 23.8 Å². The second-order valence-electron chi connectivity index (χ2n) is 6.42. The van der Waals surface area contributed by atoms with Gasteiger partial charge in [-0.2, -0.15) is 0 Å². The van der Waals surface area contributed by atoms with Crippen LogP contribution in [0.5, 0.6) is 5.75 Å². The lowest BCUT2D eigenvalue weighted by Crippen LogP contribution is -2.25. The molecule has 0 atom stereocenters. The summed E-state index contributed by atoms with van der Waals surface area (Å²) >= 11 is 5.80. The van der Waals surface area contributed by atoms with Gasteiger partial charge in [0.05, 0.1) is 17.9 Å². The molecule has 0 saturated heterocycles. The van der Waals surface area contributed by atoms with Gasteiger partial charge in [-0.25, -0.2) is 13.1 Å². The lowest BCUT2D eigenvalue weighted by molar-refractivity contribution is -0.116. The van der Waals surface area contributed by atoms with E-state index in [0.29, 0.717) is 28.9 Å². The van der Waals surface area contributed by atoms with E-state index in [1.807, 2.05) is 0 Å². The first kappa shape index (κ1) is 19.7. The number of rotatable bonds is 9. The third kappa shape index (κ3) is 6.23. The molecular formula is C19H21ClN2O4S. The van der Waals surface area contributed by atoms with Crippen molar-refractivity contribution in [1.29, 1.82) is 0 Å². The Hall–Kier alpha value is -2.09. The molecule has 0 aliphatic heterocycles. The zero-order valence-electron chi connectivity index (χ0n) is 14.7. The molecule has 1 fully saturated rings. The number of ether oxygens (including phenoxy) is 1. The van der Waals surface area contributed by atoms with Crippen LogP contribution in [0, 0.1) is 5.92 Å². The van der Waals surface area contributed by atoms with E-state index in [2.05, 4.69) is 10.0 Å². The van der Waals surface area contributed by atoms with Crippen LogP contribution < -0.4 is 14.8 Å². The van der Waals surface area contributed by atoms with Crippen molar-refractivity contribution >= 4 is 33.2 Å². The molecule has 0 heterocycles. The number of benzene rings is 2. The summed E-state index contributed by atoms with van der Waals surface area (Å²) in [6.45, 7) is 0.708. The third-order valence-corrected chi connectivity index (χ3v) is 5.81. The molecule has 6 nitrogen and oxygen atoms in total. The smallest absolute Gasteiger partial charge is 0.240 e. The normalized spacial score (nSPS) is 14.0. The standard InChI is InChI=1S/C19H21ClN2O4S/c20-15-3-7-17(8-4-15)26-12-11-19(23)22-16-5-9-18(10-6-16)27(24,25)21-13-14-1-2-14/h3-10,14,21H,1-2,11-13H2,(H,22,23). The van der Waals surface area contributed by atoms with Crippen molar-refractivity contribution in [2.24, 2.45) is 5.92 Å². The number of hydrogen-bond acceptors (Lipinski definition) is 4. The van der Waals surface area contributed by atoms with Gasteiger partial charge in [-0.1, -0.05) is 11.6 Å². The largest absolute Gasteiger partial charge is 0.493 e. The summed E-state index contributed by atoms with van der Waals surface area (Å²) in [4.78, 5) is 12.2. The van der Waals surface area contributed by atoms with Gasteiger partial charge in [-0.15, -0.1) is 0 Å². The first-order chi connectivity index (χ1) is 12.9. The molecule has 2 aromatic rings. The van der Waals surface area contributed by atoms with Gasteiger partial charge < -0.3 is 10.1 Å². The second kappa shape index (κ2) is 8.73. The van der Waals surface area contributed by atoms with Crippen molar-refractivity contribution in [2.75, 3.05) is 18.5 Å². The van der Waals surface area contributed by atoms with E-state index in [9.17, 15) is 13.2 Å². The van der Waals surface area contributed by atoms with Gasteiger partial charge in [0, 0.05) is 17.3 Å². The van der Waals surface area contributed by atoms with Gasteiger partial charge >= 0.3 is 0 Å². The Morgan fingerprint density at radius 1 is 1.07 bits per heavy atom. The zero-order valence-corrected chi connectivity index (χ0v) is 16.2. The number of anilines is 1. The summed E-state index contributed by atoms with van der Waals surface area (Å²) in [5, 5.41) is 3.34. The van der Waals surface area contributed by atoms with Crippen LogP contribution in [0.15, 0.2) is 53.4 Å². The molecule has 0 bridgehead atoms. The van der Waals surface area contributed by atoms with E-state index in [0.717, 1.165) is 12.8 Å². The van der Waals surface area contributed by atoms with E-state index in [4.69, 9.17) is 16.3 Å². The summed E-state index contributed by atoms with van der Waals surface area (Å²) in [5.41, 5.74) is 0.535. The molecule has 2 aromatic carbocycles. The first-order valence-corrected chi connectivity index (χ1v) is 10.6. The Kier molecular flexibility index (Phi) is 6.36. The van der Waals surface area contributed by atoms with E-state index < -0.39 is 10.0 Å². The Morgan fingerprint density at radius 2 is 1.74 bits per heavy atom. The van der Waals surface area contributed by atoms with Crippen molar-refractivity contribution in [1.82, 2.24) is 4.72 Å². The van der Waals surface area contributed by atoms with E-state index in [1.165, 1.54) is 12.1 Å². The minimum absolute atomic E-state index is 0.172. The van der Waals surface area contributed by atoms with Crippen LogP contribution >= 0.6 is 11.6 Å². The molecule has 27 heavy (non-hydrogen) atoms. The van der Waals surface area contributed by atoms with Crippen LogP contribution in [0.4, 0.5) is 5.69 Å². The fraction of sp³-hybridized carbons (Fsp3) is 0.316. The monoisotopic (exact) mass is 408 g/mol. The highest BCUT2D eigenvalue weighted by molar-refractivity contribution is 7.89. The van der Waals surface area contributed by atoms with Gasteiger partial charge in [-0.05, 0) is 67.3 Å². The molecule has 1 aliphatic rings. The number of halogens is 1. The fourth-order valence-electron chi connectivity index (χ4n) is 2.37. The summed E-state index contributed by atoms with van der Waals surface area (Å²) in [5.74, 6) is 0.889. The van der Waals surface area contributed by atoms with Crippen molar-refractivity contribution in [2.45, 2.75) is 24.2 Å². The fourth-order valence-corrected chi connectivity index (χ4v) is 3.61. The summed E-state index contributed by atoms with van der Waals surface area (Å²) in [6, 6.07) is 13.0. The highest BCUT2D eigenvalue weighted by Crippen LogP contribution is 2.28. The molecule has 3 rings (SSSR count). The van der Waals surface area contributed by atoms with E-state index >= 15 is 0 Å². The van der Waals surface area contributed by atoms with Gasteiger partial charge in [0.1, 0.15) is 5.75 Å². The zero-order chi connectivity index (χ0) is 19.3. The Balaban J connectivity index is 1.45.